The molecule has 1 aromatic heterocycles. The third kappa shape index (κ3) is 3.17. The number of hydrogen-bond donors (Lipinski definition) is 2. The molecule has 0 aromatic carbocycles. The van der Waals surface area contributed by atoms with E-state index in [2.05, 4.69) is 14.3 Å². The molecule has 6 heteroatoms. The van der Waals surface area contributed by atoms with Gasteiger partial charge in [0.05, 0.1) is 6.61 Å². The molecule has 0 saturated carbocycles. The molecule has 0 fully saturated rings. The third-order valence-corrected chi connectivity index (χ3v) is 2.08. The third-order valence-electron chi connectivity index (χ3n) is 1.64. The first-order chi connectivity index (χ1) is 5.88. The van der Waals surface area contributed by atoms with Gasteiger partial charge < -0.3 is 4.98 Å². The normalized spacial score (nSPS) is 11.9. The van der Waals surface area contributed by atoms with Gasteiger partial charge in [0.25, 0.3) is 0 Å². The Kier molecular flexibility index (Phi) is 2.74. The Morgan fingerprint density at radius 3 is 2.54 bits per heavy atom. The van der Waals surface area contributed by atoms with Gasteiger partial charge in [-0.3, -0.25) is 4.18 Å². The van der Waals surface area contributed by atoms with Gasteiger partial charge in [0.1, 0.15) is 0 Å². The van der Waals surface area contributed by atoms with E-state index in [0.29, 0.717) is 0 Å². The zero-order valence-electron chi connectivity index (χ0n) is 7.49. The maximum absolute atomic E-state index is 10.5. The molecule has 0 radical (unpaired) electrons. The highest BCUT2D eigenvalue weighted by atomic mass is 32.2. The molecular formula is C7H12N2O3S. The minimum atomic E-state index is -3.84. The summed E-state index contributed by atoms with van der Waals surface area (Å²) in [5, 5.41) is 4.68. The molecule has 3 N–H and O–H groups in total. The van der Waals surface area contributed by atoms with Gasteiger partial charge in [-0.2, -0.15) is 8.42 Å². The summed E-state index contributed by atoms with van der Waals surface area (Å²) < 4.78 is 25.4. The number of nitrogens with one attached hydrogen (secondary N) is 1. The minimum Gasteiger partial charge on any atom is -0.362 e. The lowest BCUT2D eigenvalue weighted by atomic mass is 10.3. The predicted molar refractivity (Wildman–Crippen MR) is 48.2 cm³/mol. The van der Waals surface area contributed by atoms with Gasteiger partial charge in [-0.15, -0.1) is 0 Å². The SMILES string of the molecule is Cc1cc(COS(N)(=O)=O)c(C)[nH]1. The quantitative estimate of drug-likeness (QED) is 0.745. The van der Waals surface area contributed by atoms with E-state index in [1.54, 1.807) is 0 Å². The molecule has 0 aliphatic carbocycles. The fourth-order valence-electron chi connectivity index (χ4n) is 1.08. The van der Waals surface area contributed by atoms with Gasteiger partial charge in [-0.1, -0.05) is 0 Å². The topological polar surface area (TPSA) is 85.2 Å². The van der Waals surface area contributed by atoms with Crippen molar-refractivity contribution in [2.24, 2.45) is 5.14 Å². The van der Waals surface area contributed by atoms with Crippen LogP contribution in [-0.4, -0.2) is 13.4 Å². The Balaban J connectivity index is 2.70. The number of aryl methyl sites for hydroxylation is 2. The van der Waals surface area contributed by atoms with Gasteiger partial charge in [0.2, 0.25) is 0 Å². The number of aromatic nitrogens is 1. The zero-order chi connectivity index (χ0) is 10.1. The Bertz CT molecular complexity index is 394. The predicted octanol–water partition coefficient (Wildman–Crippen LogP) is 0.352. The molecule has 1 aromatic rings. The Labute approximate surface area is 77.2 Å². The summed E-state index contributed by atoms with van der Waals surface area (Å²) in [6, 6.07) is 1.82. The molecule has 13 heavy (non-hydrogen) atoms. The van der Waals surface area contributed by atoms with Crippen molar-refractivity contribution in [2.75, 3.05) is 0 Å². The average Bonchev–Trinajstić information content (AvgIpc) is 2.24. The summed E-state index contributed by atoms with van der Waals surface area (Å²) in [7, 11) is -3.84. The van der Waals surface area contributed by atoms with Crippen molar-refractivity contribution >= 4 is 10.3 Å². The molecule has 0 amide bonds. The molecule has 0 unspecified atom stereocenters. The molecule has 5 nitrogen and oxygen atoms in total. The van der Waals surface area contributed by atoms with Gasteiger partial charge in [-0.05, 0) is 25.5 Å². The van der Waals surface area contributed by atoms with Crippen molar-refractivity contribution in [3.63, 3.8) is 0 Å². The van der Waals surface area contributed by atoms with E-state index in [9.17, 15) is 8.42 Å². The van der Waals surface area contributed by atoms with Crippen molar-refractivity contribution in [1.29, 1.82) is 0 Å². The smallest absolute Gasteiger partial charge is 0.333 e. The molecule has 1 rings (SSSR count). The van der Waals surface area contributed by atoms with Crippen LogP contribution in [0, 0.1) is 13.8 Å². The van der Waals surface area contributed by atoms with Crippen LogP contribution in [0.15, 0.2) is 6.07 Å². The second kappa shape index (κ2) is 3.49. The van der Waals surface area contributed by atoms with Crippen molar-refractivity contribution in [1.82, 2.24) is 4.98 Å². The second-order valence-electron chi connectivity index (χ2n) is 2.86. The fourth-order valence-corrected chi connectivity index (χ4v) is 1.37. The summed E-state index contributed by atoms with van der Waals surface area (Å²) in [6.07, 6.45) is 0. The van der Waals surface area contributed by atoms with E-state index in [0.717, 1.165) is 17.0 Å². The Morgan fingerprint density at radius 1 is 1.54 bits per heavy atom. The number of rotatable bonds is 3. The largest absolute Gasteiger partial charge is 0.362 e. The van der Waals surface area contributed by atoms with Crippen LogP contribution in [0.5, 0.6) is 0 Å². The van der Waals surface area contributed by atoms with Crippen LogP contribution in [0.3, 0.4) is 0 Å². The van der Waals surface area contributed by atoms with E-state index in [1.165, 1.54) is 0 Å². The number of hydrogen-bond acceptors (Lipinski definition) is 3. The lowest BCUT2D eigenvalue weighted by Crippen LogP contribution is -2.15. The van der Waals surface area contributed by atoms with Crippen molar-refractivity contribution < 1.29 is 12.6 Å². The Hall–Kier alpha value is -0.850. The van der Waals surface area contributed by atoms with E-state index in [1.807, 2.05) is 19.9 Å². The van der Waals surface area contributed by atoms with Gasteiger partial charge >= 0.3 is 10.3 Å². The first kappa shape index (κ1) is 10.2. The van der Waals surface area contributed by atoms with E-state index >= 15 is 0 Å². The van der Waals surface area contributed by atoms with Gasteiger partial charge in [-0.25, -0.2) is 5.14 Å². The molecular weight excluding hydrogens is 192 g/mol. The summed E-state index contributed by atoms with van der Waals surface area (Å²) in [5.41, 5.74) is 2.65. The highest BCUT2D eigenvalue weighted by Gasteiger charge is 2.06. The molecule has 0 aliphatic rings. The number of aromatic amines is 1. The number of H-pyrrole nitrogens is 1. The number of nitrogens with two attached hydrogens (primary N) is 1. The van der Waals surface area contributed by atoms with Crippen LogP contribution < -0.4 is 5.14 Å². The molecule has 0 saturated heterocycles. The van der Waals surface area contributed by atoms with Crippen LogP contribution in [0.25, 0.3) is 0 Å². The highest BCUT2D eigenvalue weighted by Crippen LogP contribution is 2.10. The monoisotopic (exact) mass is 204 g/mol. The van der Waals surface area contributed by atoms with Crippen molar-refractivity contribution in [2.45, 2.75) is 20.5 Å². The van der Waals surface area contributed by atoms with E-state index in [4.69, 9.17) is 0 Å². The molecule has 0 spiro atoms. The van der Waals surface area contributed by atoms with Crippen LogP contribution in [0.4, 0.5) is 0 Å². The van der Waals surface area contributed by atoms with Crippen molar-refractivity contribution in [3.8, 4) is 0 Å². The van der Waals surface area contributed by atoms with Crippen LogP contribution in [-0.2, 0) is 21.1 Å². The van der Waals surface area contributed by atoms with Crippen LogP contribution in [0.1, 0.15) is 17.0 Å². The maximum atomic E-state index is 10.5. The lowest BCUT2D eigenvalue weighted by molar-refractivity contribution is 0.308. The molecule has 0 aliphatic heterocycles. The Morgan fingerprint density at radius 2 is 2.15 bits per heavy atom. The standard InChI is InChI=1S/C7H12N2O3S/c1-5-3-7(6(2)9-5)4-12-13(8,10)11/h3,9H,4H2,1-2H3,(H2,8,10,11). The van der Waals surface area contributed by atoms with Crippen molar-refractivity contribution in [3.05, 3.63) is 23.0 Å². The second-order valence-corrected chi connectivity index (χ2v) is 4.08. The molecule has 74 valence electrons. The maximum Gasteiger partial charge on any atom is 0.333 e. The van der Waals surface area contributed by atoms with E-state index < -0.39 is 10.3 Å². The fraction of sp³-hybridized carbons (Fsp3) is 0.429. The summed E-state index contributed by atoms with van der Waals surface area (Å²) >= 11 is 0. The van der Waals surface area contributed by atoms with Crippen LogP contribution in [0.2, 0.25) is 0 Å². The van der Waals surface area contributed by atoms with Gasteiger partial charge in [0.15, 0.2) is 0 Å². The zero-order valence-corrected chi connectivity index (χ0v) is 8.31. The first-order valence-corrected chi connectivity index (χ1v) is 5.18. The minimum absolute atomic E-state index is 0.0188. The average molecular weight is 204 g/mol. The summed E-state index contributed by atoms with van der Waals surface area (Å²) in [4.78, 5) is 3.03. The van der Waals surface area contributed by atoms with Crippen LogP contribution >= 0.6 is 0 Å². The highest BCUT2D eigenvalue weighted by molar-refractivity contribution is 7.84. The van der Waals surface area contributed by atoms with E-state index in [-0.39, 0.29) is 6.61 Å². The van der Waals surface area contributed by atoms with Gasteiger partial charge in [0, 0.05) is 11.4 Å². The molecule has 0 bridgehead atoms. The molecule has 1 heterocycles. The molecule has 0 atom stereocenters. The summed E-state index contributed by atoms with van der Waals surface area (Å²) in [6.45, 7) is 3.71. The lowest BCUT2D eigenvalue weighted by Gasteiger charge is -1.99. The first-order valence-electron chi connectivity index (χ1n) is 3.71. The summed E-state index contributed by atoms with van der Waals surface area (Å²) in [5.74, 6) is 0.